The molecule has 1 aromatic carbocycles. The van der Waals surface area contributed by atoms with Crippen molar-refractivity contribution < 1.29 is 19.0 Å². The van der Waals surface area contributed by atoms with E-state index in [1.807, 2.05) is 4.90 Å². The molecule has 1 atom stereocenters. The van der Waals surface area contributed by atoms with Gasteiger partial charge in [-0.2, -0.15) is 0 Å². The van der Waals surface area contributed by atoms with Crippen LogP contribution in [0.3, 0.4) is 0 Å². The van der Waals surface area contributed by atoms with E-state index in [-0.39, 0.29) is 18.8 Å². The molecule has 7 heteroatoms. The normalized spacial score (nSPS) is 19.2. The third kappa shape index (κ3) is 2.97. The lowest BCUT2D eigenvalue weighted by Crippen LogP contribution is -2.44. The second kappa shape index (κ2) is 6.35. The predicted molar refractivity (Wildman–Crippen MR) is 84.2 cm³/mol. The van der Waals surface area contributed by atoms with Crippen molar-refractivity contribution in [3.8, 4) is 17.4 Å². The van der Waals surface area contributed by atoms with Gasteiger partial charge in [-0.05, 0) is 31.0 Å². The summed E-state index contributed by atoms with van der Waals surface area (Å²) in [5.74, 6) is 1.80. The molecule has 0 aliphatic carbocycles. The monoisotopic (exact) mass is 327 g/mol. The Morgan fingerprint density at radius 3 is 3.04 bits per heavy atom. The molecule has 0 saturated carbocycles. The molecule has 0 spiro atoms. The molecule has 0 N–H and O–H groups in total. The number of ether oxygens (including phenoxy) is 3. The molecule has 1 unspecified atom stereocenters. The van der Waals surface area contributed by atoms with E-state index in [4.69, 9.17) is 14.2 Å². The van der Waals surface area contributed by atoms with Gasteiger partial charge in [0.2, 0.25) is 12.7 Å². The van der Waals surface area contributed by atoms with Crippen LogP contribution in [-0.4, -0.2) is 46.8 Å². The first kappa shape index (κ1) is 14.7. The van der Waals surface area contributed by atoms with Crippen molar-refractivity contribution in [3.05, 3.63) is 42.4 Å². The number of piperidine rings is 1. The molecule has 2 aliphatic rings. The van der Waals surface area contributed by atoms with Gasteiger partial charge in [0.05, 0.1) is 6.54 Å². The molecule has 1 saturated heterocycles. The minimum Gasteiger partial charge on any atom is -0.472 e. The number of fused-ring (bicyclic) bond motifs is 1. The fourth-order valence-corrected chi connectivity index (χ4v) is 2.95. The lowest BCUT2D eigenvalue weighted by atomic mass is 10.1. The van der Waals surface area contributed by atoms with E-state index in [1.54, 1.807) is 30.5 Å². The average Bonchev–Trinajstić information content (AvgIpc) is 3.10. The quantitative estimate of drug-likeness (QED) is 0.857. The summed E-state index contributed by atoms with van der Waals surface area (Å²) in [7, 11) is 0. The van der Waals surface area contributed by atoms with E-state index in [2.05, 4.69) is 9.97 Å². The van der Waals surface area contributed by atoms with Crippen molar-refractivity contribution in [1.29, 1.82) is 0 Å². The largest absolute Gasteiger partial charge is 0.472 e. The highest BCUT2D eigenvalue weighted by Gasteiger charge is 2.27. The zero-order valence-electron chi connectivity index (χ0n) is 13.1. The van der Waals surface area contributed by atoms with Crippen LogP contribution >= 0.6 is 0 Å². The van der Waals surface area contributed by atoms with Crippen LogP contribution in [0.2, 0.25) is 0 Å². The summed E-state index contributed by atoms with van der Waals surface area (Å²) in [5, 5.41) is 0. The number of hydrogen-bond donors (Lipinski definition) is 0. The zero-order chi connectivity index (χ0) is 16.4. The Labute approximate surface area is 139 Å². The SMILES string of the molecule is O=C(c1ccc2c(c1)OCO2)N1CCCC(Oc2ccncn2)C1. The van der Waals surface area contributed by atoms with Gasteiger partial charge in [-0.1, -0.05) is 0 Å². The number of hydrogen-bond acceptors (Lipinski definition) is 6. The number of carbonyl (C=O) groups is 1. The van der Waals surface area contributed by atoms with Crippen LogP contribution in [0, 0.1) is 0 Å². The van der Waals surface area contributed by atoms with E-state index in [1.165, 1.54) is 6.33 Å². The Morgan fingerprint density at radius 1 is 1.25 bits per heavy atom. The van der Waals surface area contributed by atoms with E-state index in [0.717, 1.165) is 19.4 Å². The lowest BCUT2D eigenvalue weighted by molar-refractivity contribution is 0.0527. The Balaban J connectivity index is 1.44. The summed E-state index contributed by atoms with van der Waals surface area (Å²) in [4.78, 5) is 22.5. The zero-order valence-corrected chi connectivity index (χ0v) is 13.1. The van der Waals surface area contributed by atoms with Crippen LogP contribution < -0.4 is 14.2 Å². The minimum atomic E-state index is -0.0633. The second-order valence-electron chi connectivity index (χ2n) is 5.75. The third-order valence-corrected chi connectivity index (χ3v) is 4.13. The highest BCUT2D eigenvalue weighted by Crippen LogP contribution is 2.33. The molecule has 124 valence electrons. The van der Waals surface area contributed by atoms with Gasteiger partial charge in [-0.25, -0.2) is 9.97 Å². The van der Waals surface area contributed by atoms with Crippen molar-refractivity contribution >= 4 is 5.91 Å². The number of amides is 1. The highest BCUT2D eigenvalue weighted by molar-refractivity contribution is 5.95. The average molecular weight is 327 g/mol. The molecule has 2 aromatic rings. The van der Waals surface area contributed by atoms with Crippen LogP contribution in [0.5, 0.6) is 17.4 Å². The summed E-state index contributed by atoms with van der Waals surface area (Å²) in [6.45, 7) is 1.46. The molecule has 0 bridgehead atoms. The first-order valence-electron chi connectivity index (χ1n) is 7.91. The van der Waals surface area contributed by atoms with Crippen LogP contribution in [-0.2, 0) is 0 Å². The number of benzene rings is 1. The van der Waals surface area contributed by atoms with Crippen molar-refractivity contribution in [1.82, 2.24) is 14.9 Å². The topological polar surface area (TPSA) is 73.8 Å². The molecule has 24 heavy (non-hydrogen) atoms. The molecule has 2 aliphatic heterocycles. The Morgan fingerprint density at radius 2 is 2.17 bits per heavy atom. The summed E-state index contributed by atoms with van der Waals surface area (Å²) in [6, 6.07) is 7.00. The van der Waals surface area contributed by atoms with Gasteiger partial charge in [0.15, 0.2) is 11.5 Å². The summed E-state index contributed by atoms with van der Waals surface area (Å²) in [5.41, 5.74) is 0.599. The third-order valence-electron chi connectivity index (χ3n) is 4.13. The lowest BCUT2D eigenvalue weighted by Gasteiger charge is -2.32. The van der Waals surface area contributed by atoms with Crippen molar-refractivity contribution in [2.24, 2.45) is 0 Å². The minimum absolute atomic E-state index is 0.0238. The smallest absolute Gasteiger partial charge is 0.254 e. The van der Waals surface area contributed by atoms with Gasteiger partial charge >= 0.3 is 0 Å². The Bertz CT molecular complexity index is 738. The first-order valence-corrected chi connectivity index (χ1v) is 7.91. The van der Waals surface area contributed by atoms with Gasteiger partial charge in [-0.3, -0.25) is 4.79 Å². The van der Waals surface area contributed by atoms with Crippen LogP contribution in [0.15, 0.2) is 36.8 Å². The maximum absolute atomic E-state index is 12.7. The van der Waals surface area contributed by atoms with Crippen LogP contribution in [0.25, 0.3) is 0 Å². The van der Waals surface area contributed by atoms with Crippen LogP contribution in [0.1, 0.15) is 23.2 Å². The van der Waals surface area contributed by atoms with Crippen molar-refractivity contribution in [3.63, 3.8) is 0 Å². The van der Waals surface area contributed by atoms with E-state index >= 15 is 0 Å². The molecule has 7 nitrogen and oxygen atoms in total. The Hall–Kier alpha value is -2.83. The molecular formula is C17H17N3O4. The summed E-state index contributed by atoms with van der Waals surface area (Å²) < 4.78 is 16.5. The number of rotatable bonds is 3. The maximum Gasteiger partial charge on any atom is 0.254 e. The first-order chi connectivity index (χ1) is 11.8. The van der Waals surface area contributed by atoms with Crippen molar-refractivity contribution in [2.75, 3.05) is 19.9 Å². The Kier molecular flexibility index (Phi) is 3.90. The van der Waals surface area contributed by atoms with E-state index in [0.29, 0.717) is 29.5 Å². The van der Waals surface area contributed by atoms with Gasteiger partial charge in [0.1, 0.15) is 12.4 Å². The molecule has 1 aromatic heterocycles. The standard InChI is InChI=1S/C17H17N3O4/c21-17(12-3-4-14-15(8-12)23-11-22-14)20-7-1-2-13(9-20)24-16-5-6-18-10-19-16/h3-6,8,10,13H,1-2,7,9,11H2. The fourth-order valence-electron chi connectivity index (χ4n) is 2.95. The van der Waals surface area contributed by atoms with Gasteiger partial charge in [-0.15, -0.1) is 0 Å². The number of aromatic nitrogens is 2. The summed E-state index contributed by atoms with van der Waals surface area (Å²) in [6.07, 6.45) is 4.82. The number of carbonyl (C=O) groups excluding carboxylic acids is 1. The van der Waals surface area contributed by atoms with Crippen molar-refractivity contribution in [2.45, 2.75) is 18.9 Å². The number of likely N-dealkylation sites (tertiary alicyclic amines) is 1. The fraction of sp³-hybridized carbons (Fsp3) is 0.353. The second-order valence-corrected chi connectivity index (χ2v) is 5.75. The van der Waals surface area contributed by atoms with Crippen LogP contribution in [0.4, 0.5) is 0 Å². The molecular weight excluding hydrogens is 310 g/mol. The van der Waals surface area contributed by atoms with Gasteiger partial charge in [0, 0.05) is 24.4 Å². The molecule has 0 radical (unpaired) electrons. The van der Waals surface area contributed by atoms with Gasteiger partial charge in [0.25, 0.3) is 5.91 Å². The highest BCUT2D eigenvalue weighted by atomic mass is 16.7. The summed E-state index contributed by atoms with van der Waals surface area (Å²) >= 11 is 0. The predicted octanol–water partition coefficient (Wildman–Crippen LogP) is 1.89. The molecule has 3 heterocycles. The van der Waals surface area contributed by atoms with E-state index in [9.17, 15) is 4.79 Å². The van der Waals surface area contributed by atoms with Gasteiger partial charge < -0.3 is 19.1 Å². The molecule has 1 fully saturated rings. The molecule has 1 amide bonds. The van der Waals surface area contributed by atoms with E-state index < -0.39 is 0 Å². The molecule has 4 rings (SSSR count). The number of nitrogens with zero attached hydrogens (tertiary/aromatic N) is 3. The maximum atomic E-state index is 12.7.